The predicted octanol–water partition coefficient (Wildman–Crippen LogP) is -2.47. The topological polar surface area (TPSA) is 268 Å². The van der Waals surface area contributed by atoms with Gasteiger partial charge in [0.15, 0.2) is 12.2 Å². The highest BCUT2D eigenvalue weighted by molar-refractivity contribution is 5.78. The van der Waals surface area contributed by atoms with Crippen molar-refractivity contribution in [2.45, 2.75) is 20.0 Å². The van der Waals surface area contributed by atoms with Gasteiger partial charge in [-0.3, -0.25) is 38.8 Å². The second-order valence-corrected chi connectivity index (χ2v) is 11.4. The minimum Gasteiger partial charge on any atom is -0.480 e. The highest BCUT2D eigenvalue weighted by Gasteiger charge is 2.22. The van der Waals surface area contributed by atoms with E-state index in [9.17, 15) is 49.6 Å². The van der Waals surface area contributed by atoms with E-state index in [1.807, 2.05) is 0 Å². The maximum absolute atomic E-state index is 12.9. The molecule has 1 saturated heterocycles. The summed E-state index contributed by atoms with van der Waals surface area (Å²) >= 11 is 0. The van der Waals surface area contributed by atoms with Gasteiger partial charge < -0.3 is 41.1 Å². The number of carbonyl (C=O) groups excluding carboxylic acids is 2. The molecule has 1 aliphatic heterocycles. The van der Waals surface area contributed by atoms with Crippen molar-refractivity contribution in [2.75, 3.05) is 91.6 Å². The zero-order chi connectivity index (χ0) is 35.9. The number of amides is 2. The van der Waals surface area contributed by atoms with E-state index < -0.39 is 21.8 Å². The van der Waals surface area contributed by atoms with Gasteiger partial charge in [0.1, 0.15) is 25.5 Å². The van der Waals surface area contributed by atoms with Gasteiger partial charge in [-0.25, -0.2) is 19.1 Å². The van der Waals surface area contributed by atoms with Gasteiger partial charge in [-0.05, 0) is 9.85 Å². The van der Waals surface area contributed by atoms with Gasteiger partial charge in [-0.2, -0.15) is 0 Å². The lowest BCUT2D eigenvalue weighted by Crippen LogP contribution is -2.50. The monoisotopic (exact) mass is 694 g/mol. The number of rotatable bonds is 16. The molecule has 0 atom stereocenters. The van der Waals surface area contributed by atoms with Crippen molar-refractivity contribution in [2.24, 2.45) is 0 Å². The largest absolute Gasteiger partial charge is 0.480 e. The molecule has 3 rings (SSSR count). The first-order valence-electron chi connectivity index (χ1n) is 15.5. The summed E-state index contributed by atoms with van der Waals surface area (Å²) in [5.74, 6) is -2.79. The Hall–Kier alpha value is -5.06. The van der Waals surface area contributed by atoms with Crippen LogP contribution in [0.5, 0.6) is 0 Å². The zero-order valence-corrected chi connectivity index (χ0v) is 27.2. The second-order valence-electron chi connectivity index (χ2n) is 11.4. The summed E-state index contributed by atoms with van der Waals surface area (Å²) in [6, 6.07) is 0. The molecule has 0 saturated carbocycles. The minimum absolute atomic E-state index is 0.0676. The third kappa shape index (κ3) is 13.2. The number of carboxylic acid groups (broad SMARTS) is 2. The number of aliphatic carboxylic acids is 2. The van der Waals surface area contributed by atoms with Crippen LogP contribution in [0.1, 0.15) is 5.82 Å². The molecule has 2 aromatic heterocycles. The van der Waals surface area contributed by atoms with E-state index in [-0.39, 0.29) is 128 Å². The predicted molar refractivity (Wildman–Crippen MR) is 170 cm³/mol. The van der Waals surface area contributed by atoms with Crippen LogP contribution >= 0.6 is 0 Å². The lowest BCUT2D eigenvalue weighted by molar-refractivity contribution is -0.392. The number of nitro groups is 2. The van der Waals surface area contributed by atoms with Crippen molar-refractivity contribution in [3.63, 3.8) is 0 Å². The third-order valence-electron chi connectivity index (χ3n) is 7.81. The van der Waals surface area contributed by atoms with Crippen LogP contribution in [-0.4, -0.2) is 174 Å². The highest BCUT2D eigenvalue weighted by Crippen LogP contribution is 2.13. The fourth-order valence-corrected chi connectivity index (χ4v) is 5.25. The number of hydrogen-bond donors (Lipinski definition) is 4. The van der Waals surface area contributed by atoms with E-state index in [0.717, 1.165) is 12.4 Å². The van der Waals surface area contributed by atoms with Crippen LogP contribution in [0.25, 0.3) is 0 Å². The summed E-state index contributed by atoms with van der Waals surface area (Å²) in [4.78, 5) is 84.8. The SMILES string of the molecule is Cc1ncc([N+](=O)[O-])n1CCNC(=O)CN1CCN(CC(=O)O)CCN(CC(=O)NCCn2cncc2[N+](=O)[O-])CCN(CC(=O)O)CC1. The molecule has 0 unspecified atom stereocenters. The standard InChI is InChI=1S/C27H42N12O10/c1-21-31-15-25(39(48)49)37(21)5-3-30-23(41)17-33-8-12-34(18-26(42)43)10-6-32(7-11-35(13-9-33)19-27(44)45)16-22(40)29-2-4-36-20-28-14-24(36)38(46)47/h14-15,20H,2-13,16-19H2,1H3,(H,29,40)(H,30,41)(H,42,43)(H,44,45). The van der Waals surface area contributed by atoms with Gasteiger partial charge in [0.25, 0.3) is 0 Å². The first kappa shape index (κ1) is 38.4. The molecule has 22 heteroatoms. The molecule has 2 amide bonds. The lowest BCUT2D eigenvalue weighted by Gasteiger charge is -2.33. The molecule has 49 heavy (non-hydrogen) atoms. The Labute approximate surface area is 280 Å². The van der Waals surface area contributed by atoms with Gasteiger partial charge >= 0.3 is 23.6 Å². The first-order valence-corrected chi connectivity index (χ1v) is 15.5. The molecule has 0 aliphatic carbocycles. The molecule has 0 bridgehead atoms. The lowest BCUT2D eigenvalue weighted by atomic mass is 10.3. The highest BCUT2D eigenvalue weighted by atomic mass is 16.6. The molecule has 0 aromatic carbocycles. The number of aromatic nitrogens is 4. The zero-order valence-electron chi connectivity index (χ0n) is 27.2. The van der Waals surface area contributed by atoms with E-state index in [1.165, 1.54) is 15.5 Å². The van der Waals surface area contributed by atoms with E-state index >= 15 is 0 Å². The number of nitrogens with one attached hydrogen (secondary N) is 2. The van der Waals surface area contributed by atoms with Crippen molar-refractivity contribution < 1.29 is 39.2 Å². The van der Waals surface area contributed by atoms with E-state index in [2.05, 4.69) is 20.6 Å². The van der Waals surface area contributed by atoms with Crippen LogP contribution in [0, 0.1) is 27.2 Å². The molecule has 1 aliphatic rings. The van der Waals surface area contributed by atoms with Gasteiger partial charge in [-0.1, -0.05) is 0 Å². The summed E-state index contributed by atoms with van der Waals surface area (Å²) in [6.07, 6.45) is 3.55. The molecule has 2 aromatic rings. The Bertz CT molecular complexity index is 1430. The Morgan fingerprint density at radius 3 is 1.57 bits per heavy atom. The molecule has 0 spiro atoms. The maximum Gasteiger partial charge on any atom is 0.342 e. The molecule has 1 fully saturated rings. The number of hydrogen-bond acceptors (Lipinski definition) is 14. The van der Waals surface area contributed by atoms with Crippen molar-refractivity contribution in [3.8, 4) is 0 Å². The third-order valence-corrected chi connectivity index (χ3v) is 7.81. The molecule has 22 nitrogen and oxygen atoms in total. The van der Waals surface area contributed by atoms with E-state index in [1.54, 1.807) is 26.5 Å². The van der Waals surface area contributed by atoms with Crippen LogP contribution in [0.4, 0.5) is 11.6 Å². The smallest absolute Gasteiger partial charge is 0.342 e. The molecule has 4 N–H and O–H groups in total. The molecular weight excluding hydrogens is 652 g/mol. The quantitative estimate of drug-likeness (QED) is 0.105. The minimum atomic E-state index is -1.05. The number of nitrogens with zero attached hydrogens (tertiary/aromatic N) is 10. The molecule has 3 heterocycles. The average molecular weight is 695 g/mol. The maximum atomic E-state index is 12.9. The fourth-order valence-electron chi connectivity index (χ4n) is 5.25. The number of aryl methyl sites for hydroxylation is 1. The first-order chi connectivity index (χ1) is 23.3. The number of imidazole rings is 2. The Morgan fingerprint density at radius 2 is 1.14 bits per heavy atom. The summed E-state index contributed by atoms with van der Waals surface area (Å²) in [5, 5.41) is 46.8. The van der Waals surface area contributed by atoms with E-state index in [4.69, 9.17) is 0 Å². The molecular formula is C27H42N12O10. The Kier molecular flexibility index (Phi) is 14.9. The summed E-state index contributed by atoms with van der Waals surface area (Å²) in [7, 11) is 0. The second kappa shape index (κ2) is 19.1. The normalized spacial score (nSPS) is 15.9. The van der Waals surface area contributed by atoms with Crippen LogP contribution in [0.3, 0.4) is 0 Å². The average Bonchev–Trinajstić information content (AvgIpc) is 3.64. The molecule has 0 radical (unpaired) electrons. The van der Waals surface area contributed by atoms with Gasteiger partial charge in [0.2, 0.25) is 11.8 Å². The van der Waals surface area contributed by atoms with E-state index in [0.29, 0.717) is 5.82 Å². The van der Waals surface area contributed by atoms with Crippen molar-refractivity contribution in [1.29, 1.82) is 0 Å². The van der Waals surface area contributed by atoms with Crippen LogP contribution < -0.4 is 10.6 Å². The fraction of sp³-hybridized carbons (Fsp3) is 0.630. The van der Waals surface area contributed by atoms with Gasteiger partial charge in [0, 0.05) is 59.3 Å². The van der Waals surface area contributed by atoms with Crippen LogP contribution in [-0.2, 0) is 32.3 Å². The van der Waals surface area contributed by atoms with Crippen molar-refractivity contribution in [3.05, 3.63) is 44.8 Å². The van der Waals surface area contributed by atoms with Crippen LogP contribution in [0.15, 0.2) is 18.7 Å². The Morgan fingerprint density at radius 1 is 0.714 bits per heavy atom. The van der Waals surface area contributed by atoms with Crippen molar-refractivity contribution >= 4 is 35.4 Å². The summed E-state index contributed by atoms with van der Waals surface area (Å²) in [6.45, 7) is 3.60. The van der Waals surface area contributed by atoms with Crippen molar-refractivity contribution in [1.82, 2.24) is 49.3 Å². The Balaban J connectivity index is 1.60. The number of carbonyl (C=O) groups is 4. The summed E-state index contributed by atoms with van der Waals surface area (Å²) < 4.78 is 2.68. The van der Waals surface area contributed by atoms with Gasteiger partial charge in [0.05, 0.1) is 39.3 Å². The van der Waals surface area contributed by atoms with Crippen LogP contribution in [0.2, 0.25) is 0 Å². The summed E-state index contributed by atoms with van der Waals surface area (Å²) in [5.41, 5.74) is 0. The molecule has 270 valence electrons. The number of carboxylic acids is 2. The van der Waals surface area contributed by atoms with Gasteiger partial charge in [-0.15, -0.1) is 0 Å².